The van der Waals surface area contributed by atoms with Crippen LogP contribution < -0.4 is 20.2 Å². The summed E-state index contributed by atoms with van der Waals surface area (Å²) < 4.78 is 7.56. The quantitative estimate of drug-likeness (QED) is 0.112. The highest BCUT2D eigenvalue weighted by Gasteiger charge is 2.54. The van der Waals surface area contributed by atoms with E-state index in [9.17, 15) is 0 Å². The smallest absolute Gasteiger partial charge is 0.145 e. The lowest BCUT2D eigenvalue weighted by Gasteiger charge is -2.34. The fourth-order valence-corrected chi connectivity index (χ4v) is 16.1. The maximum atomic E-state index is 7.56. The normalized spacial score (nSPS) is 13.7. The Balaban J connectivity index is 1.11. The minimum absolute atomic E-state index is 0.00732. The Bertz CT molecular complexity index is 4360. The average Bonchev–Trinajstić information content (AvgIpc) is 1.59. The molecule has 11 aromatic carbocycles. The summed E-state index contributed by atoms with van der Waals surface area (Å²) in [6.07, 6.45) is 0. The summed E-state index contributed by atoms with van der Waals surface area (Å²) in [5.74, 6) is 0. The fraction of sp³-hybridized carbons (Fsp3) is 0.195. The van der Waals surface area contributed by atoms with Crippen molar-refractivity contribution in [2.24, 2.45) is 0 Å². The summed E-state index contributed by atoms with van der Waals surface area (Å²) in [6.45, 7) is 28.4. The van der Waals surface area contributed by atoms with Gasteiger partial charge >= 0.3 is 0 Å². The van der Waals surface area contributed by atoms with Crippen LogP contribution in [0.2, 0.25) is 39.3 Å². The van der Waals surface area contributed by atoms with E-state index in [-0.39, 0.29) is 10.8 Å². The molecule has 1 spiro atoms. The van der Waals surface area contributed by atoms with Crippen LogP contribution in [0.5, 0.6) is 0 Å². The van der Waals surface area contributed by atoms with Gasteiger partial charge in [-0.05, 0) is 155 Å². The van der Waals surface area contributed by atoms with Gasteiger partial charge in [0.1, 0.15) is 11.2 Å². The van der Waals surface area contributed by atoms with Crippen LogP contribution in [0.3, 0.4) is 0 Å². The molecule has 0 amide bonds. The van der Waals surface area contributed by atoms with E-state index in [2.05, 4.69) is 309 Å². The minimum Gasteiger partial charge on any atom is -0.455 e. The lowest BCUT2D eigenvalue weighted by atomic mass is 9.69. The molecular formula is C77H72N2OSi2. The zero-order valence-corrected chi connectivity index (χ0v) is 51.6. The van der Waals surface area contributed by atoms with Crippen LogP contribution in [0.15, 0.2) is 223 Å². The van der Waals surface area contributed by atoms with Gasteiger partial charge in [-0.1, -0.05) is 237 Å². The Morgan fingerprint density at radius 2 is 0.805 bits per heavy atom. The van der Waals surface area contributed by atoms with Gasteiger partial charge in [-0.2, -0.15) is 0 Å². The number of hydrogen-bond acceptors (Lipinski definition) is 3. The minimum atomic E-state index is -1.63. The Hall–Kier alpha value is -8.23. The predicted molar refractivity (Wildman–Crippen MR) is 358 cm³/mol. The van der Waals surface area contributed by atoms with Crippen molar-refractivity contribution in [3.05, 3.63) is 252 Å². The van der Waals surface area contributed by atoms with Gasteiger partial charge < -0.3 is 14.2 Å². The summed E-state index contributed by atoms with van der Waals surface area (Å²) >= 11 is 0. The maximum absolute atomic E-state index is 7.56. The molecule has 2 aliphatic rings. The molecule has 14 rings (SSSR count). The third-order valence-corrected chi connectivity index (χ3v) is 22.2. The van der Waals surface area contributed by atoms with E-state index in [0.717, 1.165) is 56.1 Å². The number of para-hydroxylation sites is 1. The molecule has 1 aromatic heterocycles. The van der Waals surface area contributed by atoms with E-state index >= 15 is 0 Å². The number of furan rings is 1. The van der Waals surface area contributed by atoms with E-state index in [4.69, 9.17) is 4.42 Å². The molecule has 0 fully saturated rings. The average molecular weight is 1100 g/mol. The molecule has 0 atom stereocenters. The predicted octanol–water partition coefficient (Wildman–Crippen LogP) is 20.9. The lowest BCUT2D eigenvalue weighted by molar-refractivity contribution is 0.590. The number of benzene rings is 11. The Labute approximate surface area is 486 Å². The van der Waals surface area contributed by atoms with Gasteiger partial charge in [0.2, 0.25) is 0 Å². The van der Waals surface area contributed by atoms with Gasteiger partial charge in [0.25, 0.3) is 0 Å². The highest BCUT2D eigenvalue weighted by atomic mass is 28.3. The second-order valence-electron chi connectivity index (χ2n) is 27.3. The van der Waals surface area contributed by atoms with Crippen LogP contribution in [0.25, 0.3) is 65.7 Å². The van der Waals surface area contributed by atoms with E-state index in [1.807, 2.05) is 0 Å². The van der Waals surface area contributed by atoms with E-state index < -0.39 is 21.6 Å². The van der Waals surface area contributed by atoms with Crippen molar-refractivity contribution in [3.63, 3.8) is 0 Å². The third-order valence-electron chi connectivity index (χ3n) is 18.1. The van der Waals surface area contributed by atoms with Crippen LogP contribution in [-0.2, 0) is 16.2 Å². The van der Waals surface area contributed by atoms with Crippen LogP contribution in [-0.4, -0.2) is 16.1 Å². The number of rotatable bonds is 8. The molecule has 0 N–H and O–H groups in total. The number of hydrogen-bond donors (Lipinski definition) is 0. The molecule has 3 nitrogen and oxygen atoms in total. The van der Waals surface area contributed by atoms with Gasteiger partial charge in [-0.15, -0.1) is 0 Å². The number of anilines is 6. The molecule has 0 unspecified atom stereocenters. The molecule has 2 aliphatic carbocycles. The van der Waals surface area contributed by atoms with Crippen LogP contribution >= 0.6 is 0 Å². The van der Waals surface area contributed by atoms with Crippen molar-refractivity contribution in [1.82, 2.24) is 0 Å². The monoisotopic (exact) mass is 1100 g/mol. The van der Waals surface area contributed by atoms with Crippen LogP contribution in [0.1, 0.15) is 74.9 Å². The first-order valence-electron chi connectivity index (χ1n) is 29.4. The first kappa shape index (κ1) is 51.9. The zero-order valence-electron chi connectivity index (χ0n) is 49.6. The molecule has 82 heavy (non-hydrogen) atoms. The Morgan fingerprint density at radius 1 is 0.366 bits per heavy atom. The van der Waals surface area contributed by atoms with Gasteiger partial charge in [0.15, 0.2) is 0 Å². The number of nitrogens with zero attached hydrogens (tertiary/aromatic N) is 2. The highest BCUT2D eigenvalue weighted by molar-refractivity contribution is 6.89. The van der Waals surface area contributed by atoms with Crippen LogP contribution in [0.4, 0.5) is 34.1 Å². The highest BCUT2D eigenvalue weighted by Crippen LogP contribution is 2.68. The number of fused-ring (bicyclic) bond motifs is 19. The fourth-order valence-electron chi connectivity index (χ4n) is 13.8. The molecule has 0 saturated carbocycles. The topological polar surface area (TPSA) is 19.6 Å². The van der Waals surface area contributed by atoms with Crippen molar-refractivity contribution in [2.45, 2.75) is 97.1 Å². The van der Waals surface area contributed by atoms with Crippen molar-refractivity contribution in [3.8, 4) is 22.3 Å². The van der Waals surface area contributed by atoms with Gasteiger partial charge in [0, 0.05) is 39.4 Å². The van der Waals surface area contributed by atoms with E-state index in [0.29, 0.717) is 0 Å². The van der Waals surface area contributed by atoms with E-state index in [1.54, 1.807) is 0 Å². The summed E-state index contributed by atoms with van der Waals surface area (Å²) in [7, 11) is -3.19. The molecule has 12 aromatic rings. The molecule has 0 radical (unpaired) electrons. The lowest BCUT2D eigenvalue weighted by Crippen LogP contribution is -2.37. The summed E-state index contributed by atoms with van der Waals surface area (Å²) in [4.78, 5) is 4.99. The summed E-state index contributed by atoms with van der Waals surface area (Å²) in [5, 5.41) is 9.98. The van der Waals surface area contributed by atoms with Gasteiger partial charge in [0.05, 0.1) is 32.6 Å². The first-order chi connectivity index (χ1) is 39.2. The molecule has 0 aliphatic heterocycles. The van der Waals surface area contributed by atoms with Crippen molar-refractivity contribution in [1.29, 1.82) is 0 Å². The van der Waals surface area contributed by atoms with Crippen molar-refractivity contribution < 1.29 is 4.42 Å². The SMILES string of the molecule is CC(C)(C)c1ccc(N(c2ccc([Si](C)(C)C)cc2)c2ccc3c4c(c5ccccc5c3c2)-c2c(cc(N(c3ccc(C(C)(C)C)cc3)c3ccc([Si](C)(C)C)cc3)c3c2oc2ccccc23)C42c3ccccc3-c3ccccc32)cc1. The van der Waals surface area contributed by atoms with Crippen LogP contribution in [0, 0.1) is 0 Å². The zero-order chi connectivity index (χ0) is 56.8. The molecule has 0 bridgehead atoms. The maximum Gasteiger partial charge on any atom is 0.145 e. The molecule has 404 valence electrons. The second kappa shape index (κ2) is 18.4. The van der Waals surface area contributed by atoms with Gasteiger partial charge in [-0.25, -0.2) is 0 Å². The van der Waals surface area contributed by atoms with Gasteiger partial charge in [-0.3, -0.25) is 0 Å². The molecule has 0 saturated heterocycles. The largest absolute Gasteiger partial charge is 0.455 e. The Morgan fingerprint density at radius 3 is 1.32 bits per heavy atom. The standard InChI is InChI=1S/C77H72N2OSi2/c1-75(2,3)49-29-33-51(34-30-49)78(52-37-42-56(43-38-52)81(7,8)9)55-41-46-62-64(47-55)58-21-13-14-24-61(58)71-72-67(77(73(62)71)65-26-18-15-22-59(65)60-23-16-19-27-66(60)77)48-68(70-63-25-17-20-28-69(63)80-74(70)72)79(53-35-31-50(32-36-53)76(4,5)6)54-39-44-57(45-40-54)82(10,11)12/h13-48H,1-12H3. The van der Waals surface area contributed by atoms with E-state index in [1.165, 1.54) is 87.6 Å². The summed E-state index contributed by atoms with van der Waals surface area (Å²) in [5.41, 5.74) is 20.5. The molecule has 5 heteroatoms. The second-order valence-corrected chi connectivity index (χ2v) is 37.5. The van der Waals surface area contributed by atoms with Crippen molar-refractivity contribution >= 4 is 104 Å². The molecule has 1 heterocycles. The Kier molecular flexibility index (Phi) is 11.6. The molecular weight excluding hydrogens is 1030 g/mol. The third kappa shape index (κ3) is 7.94. The summed E-state index contributed by atoms with van der Waals surface area (Å²) in [6, 6.07) is 83.8. The van der Waals surface area contributed by atoms with Crippen molar-refractivity contribution in [2.75, 3.05) is 9.80 Å². The first-order valence-corrected chi connectivity index (χ1v) is 36.4.